The predicted octanol–water partition coefficient (Wildman–Crippen LogP) is 4.75. The summed E-state index contributed by atoms with van der Waals surface area (Å²) in [6.45, 7) is 3.79. The number of nitro groups is 1. The molecule has 0 unspecified atom stereocenters. The molecule has 0 bridgehead atoms. The molecule has 0 heterocycles. The summed E-state index contributed by atoms with van der Waals surface area (Å²) >= 11 is 18.0. The molecule has 0 aliphatic rings. The molecular weight excluding hydrogens is 401 g/mol. The van der Waals surface area contributed by atoms with Gasteiger partial charge in [-0.15, -0.1) is 0 Å². The summed E-state index contributed by atoms with van der Waals surface area (Å²) in [5.41, 5.74) is 2.47. The zero-order valence-corrected chi connectivity index (χ0v) is 16.2. The maximum atomic E-state index is 12.5. The highest BCUT2D eigenvalue weighted by atomic mass is 35.6. The number of nitrogens with zero attached hydrogens (tertiary/aromatic N) is 1. The molecule has 0 saturated heterocycles. The van der Waals surface area contributed by atoms with Crippen LogP contribution in [0.15, 0.2) is 42.5 Å². The molecule has 2 N–H and O–H groups in total. The monoisotopic (exact) mass is 415 g/mol. The van der Waals surface area contributed by atoms with Gasteiger partial charge in [0, 0.05) is 23.4 Å². The Balaban J connectivity index is 2.25. The van der Waals surface area contributed by atoms with Crippen molar-refractivity contribution in [3.05, 3.63) is 69.3 Å². The SMILES string of the molecule is Cc1ccc(C)c(N[C@@H](NC(=O)c2cccc([N+](=O)[O-])c2)C(Cl)(Cl)Cl)c1. The van der Waals surface area contributed by atoms with E-state index in [0.717, 1.165) is 17.2 Å². The van der Waals surface area contributed by atoms with Crippen LogP contribution in [0.3, 0.4) is 0 Å². The molecule has 1 amide bonds. The largest absolute Gasteiger partial charge is 0.362 e. The highest BCUT2D eigenvalue weighted by Gasteiger charge is 2.34. The van der Waals surface area contributed by atoms with Crippen LogP contribution in [0.25, 0.3) is 0 Å². The van der Waals surface area contributed by atoms with Crippen molar-refractivity contribution >= 4 is 52.1 Å². The molecule has 2 rings (SSSR count). The number of hydrogen-bond donors (Lipinski definition) is 2. The second-order valence-corrected chi connectivity index (χ2v) is 8.09. The maximum absolute atomic E-state index is 12.5. The van der Waals surface area contributed by atoms with Crippen LogP contribution in [-0.4, -0.2) is 20.8 Å². The summed E-state index contributed by atoms with van der Waals surface area (Å²) in [7, 11) is 0. The first-order valence-corrected chi connectivity index (χ1v) is 8.67. The van der Waals surface area contributed by atoms with Crippen LogP contribution >= 0.6 is 34.8 Å². The molecule has 2 aromatic carbocycles. The van der Waals surface area contributed by atoms with Crippen LogP contribution in [0.2, 0.25) is 0 Å². The van der Waals surface area contributed by atoms with E-state index in [1.807, 2.05) is 32.0 Å². The van der Waals surface area contributed by atoms with Crippen LogP contribution in [0, 0.1) is 24.0 Å². The first kappa shape index (κ1) is 20.3. The Labute approximate surface area is 165 Å². The van der Waals surface area contributed by atoms with Crippen LogP contribution in [-0.2, 0) is 0 Å². The van der Waals surface area contributed by atoms with Crippen molar-refractivity contribution in [1.29, 1.82) is 0 Å². The Bertz CT molecular complexity index is 837. The van der Waals surface area contributed by atoms with Crippen molar-refractivity contribution in [3.63, 3.8) is 0 Å². The van der Waals surface area contributed by atoms with Gasteiger partial charge in [0.1, 0.15) is 6.17 Å². The van der Waals surface area contributed by atoms with Gasteiger partial charge in [-0.2, -0.15) is 0 Å². The predicted molar refractivity (Wildman–Crippen MR) is 104 cm³/mol. The van der Waals surface area contributed by atoms with Gasteiger partial charge in [0.05, 0.1) is 4.92 Å². The van der Waals surface area contributed by atoms with E-state index in [1.54, 1.807) is 0 Å². The molecule has 138 valence electrons. The number of benzene rings is 2. The molecule has 6 nitrogen and oxygen atoms in total. The standard InChI is InChI=1S/C17H16Cl3N3O3/c1-10-6-7-11(2)14(8-10)21-16(17(18,19)20)22-15(24)12-4-3-5-13(9-12)23(25)26/h3-9,16,21H,1-2H3,(H,22,24)/t16-/m0/s1. The van der Waals surface area contributed by atoms with Crippen molar-refractivity contribution in [1.82, 2.24) is 5.32 Å². The summed E-state index contributed by atoms with van der Waals surface area (Å²) in [5.74, 6) is -0.608. The Kier molecular flexibility index (Phi) is 6.34. The normalized spacial score (nSPS) is 12.3. The Morgan fingerprint density at radius 3 is 2.46 bits per heavy atom. The van der Waals surface area contributed by atoms with Crippen LogP contribution < -0.4 is 10.6 Å². The molecule has 0 aliphatic carbocycles. The molecule has 0 fully saturated rings. The number of non-ortho nitro benzene ring substituents is 1. The van der Waals surface area contributed by atoms with E-state index in [4.69, 9.17) is 34.8 Å². The van der Waals surface area contributed by atoms with E-state index in [0.29, 0.717) is 5.69 Å². The van der Waals surface area contributed by atoms with E-state index in [2.05, 4.69) is 10.6 Å². The fourth-order valence-electron chi connectivity index (χ4n) is 2.22. The summed E-state index contributed by atoms with van der Waals surface area (Å²) in [5, 5.41) is 16.4. The maximum Gasteiger partial charge on any atom is 0.270 e. The molecule has 0 saturated carbocycles. The molecular formula is C17H16Cl3N3O3. The van der Waals surface area contributed by atoms with Gasteiger partial charge in [0.2, 0.25) is 3.79 Å². The number of halogens is 3. The number of carbonyl (C=O) groups excluding carboxylic acids is 1. The van der Waals surface area contributed by atoms with E-state index in [9.17, 15) is 14.9 Å². The number of carbonyl (C=O) groups is 1. The topological polar surface area (TPSA) is 84.3 Å². The first-order valence-electron chi connectivity index (χ1n) is 7.54. The van der Waals surface area contributed by atoms with E-state index in [-0.39, 0.29) is 11.3 Å². The lowest BCUT2D eigenvalue weighted by Crippen LogP contribution is -2.49. The number of nitrogens with one attached hydrogen (secondary N) is 2. The average Bonchev–Trinajstić information content (AvgIpc) is 2.56. The number of alkyl halides is 3. The minimum Gasteiger partial charge on any atom is -0.362 e. The second kappa shape index (κ2) is 8.12. The number of rotatable bonds is 5. The molecule has 1 atom stereocenters. The van der Waals surface area contributed by atoms with Gasteiger partial charge in [-0.25, -0.2) is 0 Å². The van der Waals surface area contributed by atoms with E-state index in [1.165, 1.54) is 18.2 Å². The summed E-state index contributed by atoms with van der Waals surface area (Å²) in [6, 6.07) is 11.0. The number of amides is 1. The lowest BCUT2D eigenvalue weighted by molar-refractivity contribution is -0.384. The minimum atomic E-state index is -1.85. The number of anilines is 1. The van der Waals surface area contributed by atoms with Crippen LogP contribution in [0.4, 0.5) is 11.4 Å². The second-order valence-electron chi connectivity index (χ2n) is 5.72. The smallest absolute Gasteiger partial charge is 0.270 e. The zero-order valence-electron chi connectivity index (χ0n) is 13.9. The van der Waals surface area contributed by atoms with Crippen molar-refractivity contribution in [2.75, 3.05) is 5.32 Å². The van der Waals surface area contributed by atoms with Crippen LogP contribution in [0.1, 0.15) is 21.5 Å². The van der Waals surface area contributed by atoms with Gasteiger partial charge < -0.3 is 10.6 Å². The third-order valence-electron chi connectivity index (χ3n) is 3.61. The van der Waals surface area contributed by atoms with Gasteiger partial charge in [0.25, 0.3) is 11.6 Å². The fraction of sp³-hybridized carbons (Fsp3) is 0.235. The van der Waals surface area contributed by atoms with Crippen molar-refractivity contribution < 1.29 is 9.72 Å². The molecule has 2 aromatic rings. The highest BCUT2D eigenvalue weighted by Crippen LogP contribution is 2.32. The fourth-order valence-corrected chi connectivity index (χ4v) is 2.55. The Hall–Kier alpha value is -2.02. The number of aryl methyl sites for hydroxylation is 2. The molecule has 0 aliphatic heterocycles. The van der Waals surface area contributed by atoms with Gasteiger partial charge in [0.15, 0.2) is 0 Å². The third kappa shape index (κ3) is 5.24. The van der Waals surface area contributed by atoms with Crippen LogP contribution in [0.5, 0.6) is 0 Å². The van der Waals surface area contributed by atoms with Crippen molar-refractivity contribution in [2.24, 2.45) is 0 Å². The molecule has 0 aromatic heterocycles. The van der Waals surface area contributed by atoms with E-state index >= 15 is 0 Å². The quantitative estimate of drug-likeness (QED) is 0.319. The molecule has 0 radical (unpaired) electrons. The average molecular weight is 417 g/mol. The molecule has 26 heavy (non-hydrogen) atoms. The highest BCUT2D eigenvalue weighted by molar-refractivity contribution is 6.68. The molecule has 0 spiro atoms. The van der Waals surface area contributed by atoms with Gasteiger partial charge in [-0.1, -0.05) is 53.0 Å². The summed E-state index contributed by atoms with van der Waals surface area (Å²) < 4.78 is -1.85. The van der Waals surface area contributed by atoms with Crippen molar-refractivity contribution in [2.45, 2.75) is 23.8 Å². The summed E-state index contributed by atoms with van der Waals surface area (Å²) in [6.07, 6.45) is -1.06. The summed E-state index contributed by atoms with van der Waals surface area (Å²) in [4.78, 5) is 22.7. The van der Waals surface area contributed by atoms with E-state index < -0.39 is 20.8 Å². The van der Waals surface area contributed by atoms with Gasteiger partial charge in [-0.05, 0) is 37.1 Å². The first-order chi connectivity index (χ1) is 12.1. The number of hydrogen-bond acceptors (Lipinski definition) is 4. The van der Waals surface area contributed by atoms with Gasteiger partial charge in [-0.3, -0.25) is 14.9 Å². The zero-order chi connectivity index (χ0) is 19.5. The van der Waals surface area contributed by atoms with Gasteiger partial charge >= 0.3 is 0 Å². The molecule has 9 heteroatoms. The Morgan fingerprint density at radius 1 is 1.15 bits per heavy atom. The lowest BCUT2D eigenvalue weighted by Gasteiger charge is -2.28. The van der Waals surface area contributed by atoms with Crippen molar-refractivity contribution in [3.8, 4) is 0 Å². The number of nitro benzene ring substituents is 1. The minimum absolute atomic E-state index is 0.0845. The third-order valence-corrected chi connectivity index (χ3v) is 4.27. The lowest BCUT2D eigenvalue weighted by atomic mass is 10.1. The Morgan fingerprint density at radius 2 is 1.85 bits per heavy atom.